The molecule has 0 bridgehead atoms. The largest absolute Gasteiger partial charge is 0.348 e. The molecule has 144 valence electrons. The number of carbonyl (C=O) groups is 1. The van der Waals surface area contributed by atoms with Gasteiger partial charge in [0.1, 0.15) is 11.5 Å². The molecular weight excluding hydrogens is 329 g/mol. The Kier molecular flexibility index (Phi) is 7.61. The summed E-state index contributed by atoms with van der Waals surface area (Å²) < 4.78 is 14.5. The summed E-state index contributed by atoms with van der Waals surface area (Å²) in [5.41, 5.74) is 2.17. The Balaban J connectivity index is 2.20. The van der Waals surface area contributed by atoms with Crippen LogP contribution in [0.2, 0.25) is 0 Å². The van der Waals surface area contributed by atoms with Gasteiger partial charge in [0.25, 0.3) is 5.91 Å². The lowest BCUT2D eigenvalue weighted by Crippen LogP contribution is -2.38. The highest BCUT2D eigenvalue weighted by molar-refractivity contribution is 6.39. The number of halogens is 1. The molecule has 5 heteroatoms. The number of nitrogens with one attached hydrogen (secondary N) is 1. The van der Waals surface area contributed by atoms with Crippen LogP contribution in [0.4, 0.5) is 4.39 Å². The molecule has 0 saturated heterocycles. The van der Waals surface area contributed by atoms with Crippen molar-refractivity contribution < 1.29 is 9.18 Å². The van der Waals surface area contributed by atoms with E-state index >= 15 is 0 Å². The fraction of sp³-hybridized carbons (Fsp3) is 0.619. The summed E-state index contributed by atoms with van der Waals surface area (Å²) in [7, 11) is 0. The number of aryl methyl sites for hydroxylation is 1. The normalized spacial score (nSPS) is 16.9. The second-order valence-electron chi connectivity index (χ2n) is 7.15. The predicted octanol–water partition coefficient (Wildman–Crippen LogP) is 4.73. The molecule has 1 heterocycles. The van der Waals surface area contributed by atoms with E-state index in [4.69, 9.17) is 0 Å². The molecule has 1 aliphatic rings. The summed E-state index contributed by atoms with van der Waals surface area (Å²) in [6, 6.07) is 5.13. The maximum absolute atomic E-state index is 14.5. The van der Waals surface area contributed by atoms with Crippen molar-refractivity contribution in [3.05, 3.63) is 35.1 Å². The van der Waals surface area contributed by atoms with Crippen LogP contribution in [-0.2, 0) is 4.79 Å². The molecule has 1 unspecified atom stereocenters. The van der Waals surface area contributed by atoms with Crippen LogP contribution in [0.25, 0.3) is 0 Å². The highest BCUT2D eigenvalue weighted by atomic mass is 19.1. The SMILES string of the molecule is CCCCCN1N=C(C(=O)NC(CC)CC)CC1c1cc(C)ccc1F. The Hall–Kier alpha value is -1.91. The Morgan fingerprint density at radius 3 is 2.69 bits per heavy atom. The maximum atomic E-state index is 14.5. The van der Waals surface area contributed by atoms with Gasteiger partial charge in [0, 0.05) is 24.6 Å². The third kappa shape index (κ3) is 5.05. The molecule has 1 aromatic rings. The Morgan fingerprint density at radius 2 is 2.04 bits per heavy atom. The van der Waals surface area contributed by atoms with Gasteiger partial charge in [-0.1, -0.05) is 51.3 Å². The molecule has 1 aromatic carbocycles. The molecule has 0 aliphatic carbocycles. The number of hydrogen-bond acceptors (Lipinski definition) is 3. The third-order valence-corrected chi connectivity index (χ3v) is 5.08. The average Bonchev–Trinajstić information content (AvgIpc) is 3.06. The van der Waals surface area contributed by atoms with Crippen molar-refractivity contribution in [2.75, 3.05) is 6.54 Å². The van der Waals surface area contributed by atoms with Gasteiger partial charge in [0.15, 0.2) is 0 Å². The molecule has 1 amide bonds. The first-order valence-corrected chi connectivity index (χ1v) is 9.91. The number of carbonyl (C=O) groups excluding carboxylic acids is 1. The van der Waals surface area contributed by atoms with Gasteiger partial charge in [-0.3, -0.25) is 9.80 Å². The van der Waals surface area contributed by atoms with E-state index in [1.165, 1.54) is 6.07 Å². The minimum absolute atomic E-state index is 0.116. The molecule has 0 saturated carbocycles. The Bertz CT molecular complexity index is 640. The lowest BCUT2D eigenvalue weighted by molar-refractivity contribution is -0.115. The van der Waals surface area contributed by atoms with Gasteiger partial charge in [-0.05, 0) is 32.3 Å². The number of rotatable bonds is 9. The summed E-state index contributed by atoms with van der Waals surface area (Å²) in [4.78, 5) is 12.6. The van der Waals surface area contributed by atoms with Gasteiger partial charge in [-0.15, -0.1) is 0 Å². The number of benzene rings is 1. The van der Waals surface area contributed by atoms with Crippen molar-refractivity contribution in [1.29, 1.82) is 0 Å². The monoisotopic (exact) mass is 361 g/mol. The quantitative estimate of drug-likeness (QED) is 0.646. The summed E-state index contributed by atoms with van der Waals surface area (Å²) in [5.74, 6) is -0.340. The molecule has 26 heavy (non-hydrogen) atoms. The van der Waals surface area contributed by atoms with E-state index in [2.05, 4.69) is 31.2 Å². The summed E-state index contributed by atoms with van der Waals surface area (Å²) in [6.45, 7) is 8.98. The Morgan fingerprint density at radius 1 is 1.31 bits per heavy atom. The van der Waals surface area contributed by atoms with E-state index in [-0.39, 0.29) is 23.8 Å². The minimum atomic E-state index is -0.224. The van der Waals surface area contributed by atoms with Gasteiger partial charge in [0.2, 0.25) is 0 Å². The van der Waals surface area contributed by atoms with Crippen molar-refractivity contribution in [2.45, 2.75) is 78.3 Å². The van der Waals surface area contributed by atoms with Gasteiger partial charge < -0.3 is 5.32 Å². The van der Waals surface area contributed by atoms with E-state index in [1.54, 1.807) is 6.07 Å². The van der Waals surface area contributed by atoms with Crippen molar-refractivity contribution >= 4 is 11.6 Å². The van der Waals surface area contributed by atoms with Crippen molar-refractivity contribution in [1.82, 2.24) is 10.3 Å². The van der Waals surface area contributed by atoms with Crippen molar-refractivity contribution in [2.24, 2.45) is 5.10 Å². The first kappa shape index (κ1) is 20.4. The molecule has 1 atom stereocenters. The van der Waals surface area contributed by atoms with E-state index in [0.29, 0.717) is 17.7 Å². The van der Waals surface area contributed by atoms with Gasteiger partial charge in [-0.2, -0.15) is 5.10 Å². The number of hydrogen-bond donors (Lipinski definition) is 1. The molecule has 0 aromatic heterocycles. The molecule has 4 nitrogen and oxygen atoms in total. The zero-order chi connectivity index (χ0) is 19.1. The van der Waals surface area contributed by atoms with Crippen molar-refractivity contribution in [3.8, 4) is 0 Å². The fourth-order valence-corrected chi connectivity index (χ4v) is 3.37. The smallest absolute Gasteiger partial charge is 0.267 e. The van der Waals surface area contributed by atoms with Crippen LogP contribution in [0.3, 0.4) is 0 Å². The predicted molar refractivity (Wildman–Crippen MR) is 105 cm³/mol. The van der Waals surface area contributed by atoms with Crippen LogP contribution in [0, 0.1) is 12.7 Å². The highest BCUT2D eigenvalue weighted by Gasteiger charge is 2.33. The van der Waals surface area contributed by atoms with Crippen molar-refractivity contribution in [3.63, 3.8) is 0 Å². The van der Waals surface area contributed by atoms with E-state index in [0.717, 1.165) is 44.2 Å². The van der Waals surface area contributed by atoms with E-state index < -0.39 is 0 Å². The maximum Gasteiger partial charge on any atom is 0.267 e. The first-order chi connectivity index (χ1) is 12.5. The van der Waals surface area contributed by atoms with Crippen LogP contribution in [0.1, 0.15) is 76.5 Å². The van der Waals surface area contributed by atoms with Crippen LogP contribution in [0.15, 0.2) is 23.3 Å². The minimum Gasteiger partial charge on any atom is -0.348 e. The summed E-state index contributed by atoms with van der Waals surface area (Å²) in [6.07, 6.45) is 5.45. The van der Waals surface area contributed by atoms with Gasteiger partial charge in [-0.25, -0.2) is 4.39 Å². The molecule has 0 spiro atoms. The van der Waals surface area contributed by atoms with Gasteiger partial charge >= 0.3 is 0 Å². The second kappa shape index (κ2) is 9.70. The lowest BCUT2D eigenvalue weighted by Gasteiger charge is -2.24. The standard InChI is InChI=1S/C21H32FN3O/c1-5-8-9-12-25-20(17-13-15(4)10-11-18(17)22)14-19(24-25)21(26)23-16(6-2)7-3/h10-11,13,16,20H,5-9,12,14H2,1-4H3,(H,23,26). The zero-order valence-corrected chi connectivity index (χ0v) is 16.5. The number of hydrazone groups is 1. The summed E-state index contributed by atoms with van der Waals surface area (Å²) >= 11 is 0. The van der Waals surface area contributed by atoms with Crippen LogP contribution >= 0.6 is 0 Å². The van der Waals surface area contributed by atoms with E-state index in [9.17, 15) is 9.18 Å². The molecule has 1 N–H and O–H groups in total. The average molecular weight is 362 g/mol. The Labute approximate surface area is 156 Å². The molecule has 0 radical (unpaired) electrons. The van der Waals surface area contributed by atoms with E-state index in [1.807, 2.05) is 18.0 Å². The molecular formula is C21H32FN3O. The van der Waals surface area contributed by atoms with Crippen LogP contribution in [-0.4, -0.2) is 29.2 Å². The van der Waals surface area contributed by atoms with Crippen LogP contribution < -0.4 is 5.32 Å². The fourth-order valence-electron chi connectivity index (χ4n) is 3.37. The molecule has 0 fully saturated rings. The topological polar surface area (TPSA) is 44.7 Å². The number of unbranched alkanes of at least 4 members (excludes halogenated alkanes) is 2. The number of amides is 1. The lowest BCUT2D eigenvalue weighted by atomic mass is 9.98. The summed E-state index contributed by atoms with van der Waals surface area (Å²) in [5, 5.41) is 9.55. The zero-order valence-electron chi connectivity index (χ0n) is 16.5. The molecule has 1 aliphatic heterocycles. The third-order valence-electron chi connectivity index (χ3n) is 5.08. The molecule has 2 rings (SSSR count). The van der Waals surface area contributed by atoms with Crippen LogP contribution in [0.5, 0.6) is 0 Å². The van der Waals surface area contributed by atoms with Gasteiger partial charge in [0.05, 0.1) is 6.04 Å². The highest BCUT2D eigenvalue weighted by Crippen LogP contribution is 2.33. The first-order valence-electron chi connectivity index (χ1n) is 9.91. The second-order valence-corrected chi connectivity index (χ2v) is 7.15. The number of nitrogens with zero attached hydrogens (tertiary/aromatic N) is 2.